The summed E-state index contributed by atoms with van der Waals surface area (Å²) >= 11 is 0. The van der Waals surface area contributed by atoms with E-state index in [1.807, 2.05) is 17.0 Å². The average molecular weight is 333 g/mol. The van der Waals surface area contributed by atoms with Crippen molar-refractivity contribution in [3.63, 3.8) is 0 Å². The monoisotopic (exact) mass is 333 g/mol. The van der Waals surface area contributed by atoms with E-state index in [4.69, 9.17) is 4.74 Å². The normalized spacial score (nSPS) is 14.3. The molecule has 132 valence electrons. The van der Waals surface area contributed by atoms with Gasteiger partial charge in [0.1, 0.15) is 0 Å². The number of hydrogen-bond donors (Lipinski definition) is 2. The standard InChI is InChI=1S/C18H27N3O3/c1-24-12-6-9-19-18(23)15-7-5-8-16(13-15)20-14-17(22)21-10-3-2-4-11-21/h5,7-8,13,20H,2-4,6,9-12,14H2,1H3,(H,19,23). The van der Waals surface area contributed by atoms with Crippen molar-refractivity contribution in [1.29, 1.82) is 0 Å². The minimum absolute atomic E-state index is 0.114. The van der Waals surface area contributed by atoms with Gasteiger partial charge in [0.25, 0.3) is 5.91 Å². The number of nitrogens with zero attached hydrogens (tertiary/aromatic N) is 1. The minimum Gasteiger partial charge on any atom is -0.385 e. The average Bonchev–Trinajstić information content (AvgIpc) is 2.64. The highest BCUT2D eigenvalue weighted by molar-refractivity contribution is 5.95. The van der Waals surface area contributed by atoms with Gasteiger partial charge in [0.05, 0.1) is 6.54 Å². The number of ether oxygens (including phenoxy) is 1. The smallest absolute Gasteiger partial charge is 0.251 e. The second kappa shape index (κ2) is 9.93. The third-order valence-electron chi connectivity index (χ3n) is 4.09. The Morgan fingerprint density at radius 3 is 2.75 bits per heavy atom. The molecule has 0 aromatic heterocycles. The molecular formula is C18H27N3O3. The molecule has 1 aromatic carbocycles. The molecule has 0 unspecified atom stereocenters. The van der Waals surface area contributed by atoms with Crippen LogP contribution in [-0.2, 0) is 9.53 Å². The van der Waals surface area contributed by atoms with Gasteiger partial charge in [-0.2, -0.15) is 0 Å². The summed E-state index contributed by atoms with van der Waals surface area (Å²) in [5, 5.41) is 5.98. The molecule has 1 fully saturated rings. The molecule has 1 heterocycles. The first kappa shape index (κ1) is 18.3. The number of carbonyl (C=O) groups excluding carboxylic acids is 2. The van der Waals surface area contributed by atoms with Gasteiger partial charge < -0.3 is 20.3 Å². The summed E-state index contributed by atoms with van der Waals surface area (Å²) in [6.07, 6.45) is 4.16. The third-order valence-corrected chi connectivity index (χ3v) is 4.09. The maximum absolute atomic E-state index is 12.2. The molecule has 0 aliphatic carbocycles. The Bertz CT molecular complexity index is 542. The van der Waals surface area contributed by atoms with Crippen molar-refractivity contribution < 1.29 is 14.3 Å². The van der Waals surface area contributed by atoms with Crippen molar-refractivity contribution in [3.05, 3.63) is 29.8 Å². The fraction of sp³-hybridized carbons (Fsp3) is 0.556. The summed E-state index contributed by atoms with van der Waals surface area (Å²) in [7, 11) is 1.64. The number of nitrogens with one attached hydrogen (secondary N) is 2. The third kappa shape index (κ3) is 5.85. The number of amides is 2. The number of likely N-dealkylation sites (tertiary alicyclic amines) is 1. The van der Waals surface area contributed by atoms with Gasteiger partial charge in [-0.05, 0) is 43.9 Å². The molecule has 1 saturated heterocycles. The van der Waals surface area contributed by atoms with Crippen LogP contribution in [0.25, 0.3) is 0 Å². The van der Waals surface area contributed by atoms with Crippen LogP contribution in [0.2, 0.25) is 0 Å². The number of methoxy groups -OCH3 is 1. The summed E-state index contributed by atoms with van der Waals surface area (Å²) in [4.78, 5) is 26.2. The summed E-state index contributed by atoms with van der Waals surface area (Å²) in [6, 6.07) is 7.22. The fourth-order valence-corrected chi connectivity index (χ4v) is 2.72. The van der Waals surface area contributed by atoms with Crippen LogP contribution in [0.5, 0.6) is 0 Å². The number of hydrogen-bond acceptors (Lipinski definition) is 4. The first-order chi connectivity index (χ1) is 11.7. The first-order valence-electron chi connectivity index (χ1n) is 8.59. The van der Waals surface area contributed by atoms with Gasteiger partial charge in [0, 0.05) is 44.6 Å². The van der Waals surface area contributed by atoms with Gasteiger partial charge >= 0.3 is 0 Å². The largest absolute Gasteiger partial charge is 0.385 e. The predicted octanol–water partition coefficient (Wildman–Crippen LogP) is 1.88. The number of anilines is 1. The van der Waals surface area contributed by atoms with E-state index >= 15 is 0 Å². The molecule has 6 heteroatoms. The van der Waals surface area contributed by atoms with Crippen LogP contribution in [0.1, 0.15) is 36.0 Å². The zero-order valence-electron chi connectivity index (χ0n) is 14.3. The van der Waals surface area contributed by atoms with Crippen molar-refractivity contribution in [1.82, 2.24) is 10.2 Å². The number of benzene rings is 1. The maximum atomic E-state index is 12.2. The van der Waals surface area contributed by atoms with E-state index in [2.05, 4.69) is 10.6 Å². The molecule has 1 aliphatic rings. The van der Waals surface area contributed by atoms with Crippen molar-refractivity contribution in [2.24, 2.45) is 0 Å². The van der Waals surface area contributed by atoms with Gasteiger partial charge in [0.15, 0.2) is 0 Å². The lowest BCUT2D eigenvalue weighted by molar-refractivity contribution is -0.130. The molecule has 1 aromatic rings. The number of carbonyl (C=O) groups is 2. The van der Waals surface area contributed by atoms with E-state index in [9.17, 15) is 9.59 Å². The summed E-state index contributed by atoms with van der Waals surface area (Å²) in [5.74, 6) is 0.00114. The zero-order valence-corrected chi connectivity index (χ0v) is 14.3. The Balaban J connectivity index is 1.81. The lowest BCUT2D eigenvalue weighted by Crippen LogP contribution is -2.39. The van der Waals surface area contributed by atoms with E-state index in [1.165, 1.54) is 6.42 Å². The molecule has 2 rings (SSSR count). The first-order valence-corrected chi connectivity index (χ1v) is 8.59. The zero-order chi connectivity index (χ0) is 17.2. The van der Waals surface area contributed by atoms with Gasteiger partial charge in [0.2, 0.25) is 5.91 Å². The second-order valence-electron chi connectivity index (χ2n) is 5.98. The maximum Gasteiger partial charge on any atom is 0.251 e. The van der Waals surface area contributed by atoms with Gasteiger partial charge in [-0.3, -0.25) is 9.59 Å². The quantitative estimate of drug-likeness (QED) is 0.713. The van der Waals surface area contributed by atoms with Crippen LogP contribution in [0.4, 0.5) is 5.69 Å². The highest BCUT2D eigenvalue weighted by Gasteiger charge is 2.16. The molecule has 0 bridgehead atoms. The van der Waals surface area contributed by atoms with Gasteiger partial charge in [-0.15, -0.1) is 0 Å². The Morgan fingerprint density at radius 1 is 1.21 bits per heavy atom. The molecule has 6 nitrogen and oxygen atoms in total. The molecule has 2 N–H and O–H groups in total. The highest BCUT2D eigenvalue weighted by atomic mass is 16.5. The van der Waals surface area contributed by atoms with E-state index < -0.39 is 0 Å². The second-order valence-corrected chi connectivity index (χ2v) is 5.98. The topological polar surface area (TPSA) is 70.7 Å². The van der Waals surface area contributed by atoms with Crippen LogP contribution in [0.15, 0.2) is 24.3 Å². The van der Waals surface area contributed by atoms with Crippen molar-refractivity contribution in [2.45, 2.75) is 25.7 Å². The molecule has 0 saturated carbocycles. The molecular weight excluding hydrogens is 306 g/mol. The minimum atomic E-state index is -0.114. The Morgan fingerprint density at radius 2 is 2.00 bits per heavy atom. The van der Waals surface area contributed by atoms with Gasteiger partial charge in [-0.1, -0.05) is 6.07 Å². The number of piperidine rings is 1. The lowest BCUT2D eigenvalue weighted by atomic mass is 10.1. The lowest BCUT2D eigenvalue weighted by Gasteiger charge is -2.26. The van der Waals surface area contributed by atoms with E-state index in [0.717, 1.165) is 38.0 Å². The summed E-state index contributed by atoms with van der Waals surface area (Å²) in [5.41, 5.74) is 1.37. The molecule has 2 amide bonds. The van der Waals surface area contributed by atoms with E-state index in [0.29, 0.717) is 18.7 Å². The van der Waals surface area contributed by atoms with Crippen molar-refractivity contribution in [2.75, 3.05) is 45.2 Å². The fourth-order valence-electron chi connectivity index (χ4n) is 2.72. The summed E-state index contributed by atoms with van der Waals surface area (Å²) in [6.45, 7) is 3.17. The Hall–Kier alpha value is -2.08. The highest BCUT2D eigenvalue weighted by Crippen LogP contribution is 2.12. The number of rotatable bonds is 8. The van der Waals surface area contributed by atoms with Crippen LogP contribution < -0.4 is 10.6 Å². The van der Waals surface area contributed by atoms with E-state index in [1.54, 1.807) is 19.2 Å². The van der Waals surface area contributed by atoms with Gasteiger partial charge in [-0.25, -0.2) is 0 Å². The van der Waals surface area contributed by atoms with Crippen LogP contribution in [-0.4, -0.2) is 56.6 Å². The van der Waals surface area contributed by atoms with Crippen molar-refractivity contribution >= 4 is 17.5 Å². The Labute approximate surface area is 143 Å². The van der Waals surface area contributed by atoms with Crippen LogP contribution in [0, 0.1) is 0 Å². The molecule has 1 aliphatic heterocycles. The summed E-state index contributed by atoms with van der Waals surface area (Å²) < 4.78 is 4.96. The molecule has 0 radical (unpaired) electrons. The molecule has 0 atom stereocenters. The predicted molar refractivity (Wildman–Crippen MR) is 94.2 cm³/mol. The van der Waals surface area contributed by atoms with Crippen LogP contribution in [0.3, 0.4) is 0 Å². The molecule has 0 spiro atoms. The van der Waals surface area contributed by atoms with E-state index in [-0.39, 0.29) is 18.4 Å². The van der Waals surface area contributed by atoms with Crippen LogP contribution >= 0.6 is 0 Å². The Kier molecular flexibility index (Phi) is 7.55. The molecule has 24 heavy (non-hydrogen) atoms. The van der Waals surface area contributed by atoms with Crippen molar-refractivity contribution in [3.8, 4) is 0 Å². The SMILES string of the molecule is COCCCNC(=O)c1cccc(NCC(=O)N2CCCCC2)c1.